The predicted octanol–water partition coefficient (Wildman–Crippen LogP) is 3.23. The third-order valence-electron chi connectivity index (χ3n) is 2.52. The third-order valence-corrected chi connectivity index (χ3v) is 5.03. The van der Waals surface area contributed by atoms with Crippen molar-refractivity contribution in [2.75, 3.05) is 36.6 Å². The number of hydrogen-bond donors (Lipinski definition) is 2. The highest BCUT2D eigenvalue weighted by Crippen LogP contribution is 2.26. The Morgan fingerprint density at radius 3 is 3.04 bits per heavy atom. The smallest absolute Gasteiger partial charge is 0.234 e. The summed E-state index contributed by atoms with van der Waals surface area (Å²) in [6.07, 6.45) is 0. The summed E-state index contributed by atoms with van der Waals surface area (Å²) in [6.45, 7) is 1.21. The lowest BCUT2D eigenvalue weighted by Gasteiger charge is -2.05. The van der Waals surface area contributed by atoms with E-state index in [1.165, 1.54) is 35.2 Å². The lowest BCUT2D eigenvalue weighted by Crippen LogP contribution is -2.14. The Kier molecular flexibility index (Phi) is 7.21. The number of anilines is 2. The van der Waals surface area contributed by atoms with Crippen LogP contribution in [0.3, 0.4) is 0 Å². The molecule has 2 rings (SSSR count). The molecule has 0 atom stereocenters. The van der Waals surface area contributed by atoms with E-state index in [1.807, 2.05) is 0 Å². The Morgan fingerprint density at radius 1 is 1.48 bits per heavy atom. The number of benzene rings is 1. The van der Waals surface area contributed by atoms with E-state index in [0.29, 0.717) is 27.1 Å². The molecule has 0 saturated carbocycles. The molecule has 0 fully saturated rings. The number of rotatable bonds is 8. The van der Waals surface area contributed by atoms with E-state index >= 15 is 0 Å². The summed E-state index contributed by atoms with van der Waals surface area (Å²) in [5.74, 6) is -0.666. The Morgan fingerprint density at radius 2 is 2.30 bits per heavy atom. The zero-order valence-corrected chi connectivity index (χ0v) is 15.4. The molecule has 0 unspecified atom stereocenters. The normalized spacial score (nSPS) is 10.6. The standard InChI is InChI=1S/C13H14BrFN4O2S2/c1-21-5-4-16-12-18-19-13(23-12)22-7-11(20)17-10-3-2-8(14)6-9(10)15/h2-3,6H,4-5,7H2,1H3,(H,16,18)(H,17,20). The molecule has 1 amide bonds. The predicted molar refractivity (Wildman–Crippen MR) is 93.7 cm³/mol. The summed E-state index contributed by atoms with van der Waals surface area (Å²) in [7, 11) is 1.62. The number of amides is 1. The van der Waals surface area contributed by atoms with Crippen molar-refractivity contribution in [2.24, 2.45) is 0 Å². The maximum absolute atomic E-state index is 13.6. The summed E-state index contributed by atoms with van der Waals surface area (Å²) < 4.78 is 19.8. The van der Waals surface area contributed by atoms with E-state index in [9.17, 15) is 9.18 Å². The van der Waals surface area contributed by atoms with Crippen LogP contribution in [0, 0.1) is 5.82 Å². The fourth-order valence-electron chi connectivity index (χ4n) is 1.50. The zero-order chi connectivity index (χ0) is 16.7. The number of nitrogens with one attached hydrogen (secondary N) is 2. The molecule has 0 aliphatic heterocycles. The number of carbonyl (C=O) groups is 1. The molecule has 0 bridgehead atoms. The van der Waals surface area contributed by atoms with Gasteiger partial charge in [0.15, 0.2) is 4.34 Å². The van der Waals surface area contributed by atoms with Gasteiger partial charge in [-0.25, -0.2) is 4.39 Å². The van der Waals surface area contributed by atoms with Gasteiger partial charge in [-0.3, -0.25) is 4.79 Å². The molecule has 6 nitrogen and oxygen atoms in total. The molecule has 1 heterocycles. The van der Waals surface area contributed by atoms with Crippen LogP contribution in [0.25, 0.3) is 0 Å². The van der Waals surface area contributed by atoms with Crippen molar-refractivity contribution < 1.29 is 13.9 Å². The second kappa shape index (κ2) is 9.16. The molecule has 2 aromatic rings. The first-order valence-corrected chi connectivity index (χ1v) is 9.12. The van der Waals surface area contributed by atoms with Gasteiger partial charge >= 0.3 is 0 Å². The average molecular weight is 421 g/mol. The minimum absolute atomic E-state index is 0.127. The first-order valence-electron chi connectivity index (χ1n) is 6.52. The van der Waals surface area contributed by atoms with Gasteiger partial charge in [0.1, 0.15) is 5.82 Å². The van der Waals surface area contributed by atoms with Crippen LogP contribution in [0.5, 0.6) is 0 Å². The minimum Gasteiger partial charge on any atom is -0.383 e. The van der Waals surface area contributed by atoms with Crippen molar-refractivity contribution in [1.29, 1.82) is 0 Å². The molecule has 0 saturated heterocycles. The second-order valence-electron chi connectivity index (χ2n) is 4.25. The number of aromatic nitrogens is 2. The van der Waals surface area contributed by atoms with E-state index in [2.05, 4.69) is 36.8 Å². The quantitative estimate of drug-likeness (QED) is 0.504. The van der Waals surface area contributed by atoms with Crippen LogP contribution in [-0.2, 0) is 9.53 Å². The van der Waals surface area contributed by atoms with Gasteiger partial charge in [-0.15, -0.1) is 10.2 Å². The second-order valence-corrected chi connectivity index (χ2v) is 7.37. The van der Waals surface area contributed by atoms with Crippen LogP contribution in [0.1, 0.15) is 0 Å². The Balaban J connectivity index is 1.80. The van der Waals surface area contributed by atoms with E-state index < -0.39 is 5.82 Å². The molecule has 1 aromatic carbocycles. The van der Waals surface area contributed by atoms with Crippen molar-refractivity contribution in [1.82, 2.24) is 10.2 Å². The molecular formula is C13H14BrFN4O2S2. The van der Waals surface area contributed by atoms with Crippen LogP contribution in [0.2, 0.25) is 0 Å². The highest BCUT2D eigenvalue weighted by atomic mass is 79.9. The van der Waals surface area contributed by atoms with Gasteiger partial charge in [0.05, 0.1) is 18.0 Å². The highest BCUT2D eigenvalue weighted by molar-refractivity contribution is 9.10. The first-order chi connectivity index (χ1) is 11.1. The lowest BCUT2D eigenvalue weighted by molar-refractivity contribution is -0.113. The Labute approximate surface area is 149 Å². The summed E-state index contributed by atoms with van der Waals surface area (Å²) >= 11 is 5.76. The fourth-order valence-corrected chi connectivity index (χ4v) is 3.41. The van der Waals surface area contributed by atoms with Gasteiger partial charge in [-0.05, 0) is 18.2 Å². The summed E-state index contributed by atoms with van der Waals surface area (Å²) in [6, 6.07) is 4.46. The summed E-state index contributed by atoms with van der Waals surface area (Å²) in [5, 5.41) is 14.2. The molecule has 2 N–H and O–H groups in total. The van der Waals surface area contributed by atoms with Gasteiger partial charge in [0, 0.05) is 18.1 Å². The largest absolute Gasteiger partial charge is 0.383 e. The van der Waals surface area contributed by atoms with Crippen molar-refractivity contribution in [3.8, 4) is 0 Å². The Bertz CT molecular complexity index is 671. The maximum atomic E-state index is 13.6. The SMILES string of the molecule is COCCNc1nnc(SCC(=O)Nc2ccc(Br)cc2F)s1. The minimum atomic E-state index is -0.488. The van der Waals surface area contributed by atoms with E-state index in [-0.39, 0.29) is 17.3 Å². The highest BCUT2D eigenvalue weighted by Gasteiger charge is 2.10. The molecule has 23 heavy (non-hydrogen) atoms. The summed E-state index contributed by atoms with van der Waals surface area (Å²) in [5.41, 5.74) is 0.151. The molecule has 10 heteroatoms. The van der Waals surface area contributed by atoms with Gasteiger partial charge < -0.3 is 15.4 Å². The third kappa shape index (κ3) is 6.05. The number of thioether (sulfide) groups is 1. The average Bonchev–Trinajstić information content (AvgIpc) is 2.96. The molecule has 0 spiro atoms. The molecule has 124 valence electrons. The number of carbonyl (C=O) groups excluding carboxylic acids is 1. The Hall–Kier alpha value is -1.23. The van der Waals surface area contributed by atoms with E-state index in [0.717, 1.165) is 0 Å². The van der Waals surface area contributed by atoms with Gasteiger partial charge in [-0.2, -0.15) is 0 Å². The number of hydrogen-bond acceptors (Lipinski definition) is 7. The van der Waals surface area contributed by atoms with Gasteiger partial charge in [-0.1, -0.05) is 39.0 Å². The maximum Gasteiger partial charge on any atom is 0.234 e. The van der Waals surface area contributed by atoms with Crippen LogP contribution >= 0.6 is 39.0 Å². The molecule has 0 aliphatic rings. The molecular weight excluding hydrogens is 407 g/mol. The van der Waals surface area contributed by atoms with Crippen LogP contribution in [0.15, 0.2) is 27.0 Å². The van der Waals surface area contributed by atoms with Crippen molar-refractivity contribution >= 4 is 55.8 Å². The molecule has 1 aromatic heterocycles. The molecule has 0 aliphatic carbocycles. The topological polar surface area (TPSA) is 76.1 Å². The van der Waals surface area contributed by atoms with E-state index in [1.54, 1.807) is 13.2 Å². The number of nitrogens with zero attached hydrogens (tertiary/aromatic N) is 2. The number of methoxy groups -OCH3 is 1. The van der Waals surface area contributed by atoms with Crippen LogP contribution in [0.4, 0.5) is 15.2 Å². The first kappa shape index (κ1) is 18.1. The number of ether oxygens (including phenoxy) is 1. The van der Waals surface area contributed by atoms with Crippen molar-refractivity contribution in [3.05, 3.63) is 28.5 Å². The van der Waals surface area contributed by atoms with E-state index in [4.69, 9.17) is 4.74 Å². The van der Waals surface area contributed by atoms with Crippen molar-refractivity contribution in [3.63, 3.8) is 0 Å². The molecule has 0 radical (unpaired) electrons. The van der Waals surface area contributed by atoms with Crippen molar-refractivity contribution in [2.45, 2.75) is 4.34 Å². The van der Waals surface area contributed by atoms with Gasteiger partial charge in [0.25, 0.3) is 0 Å². The lowest BCUT2D eigenvalue weighted by atomic mass is 10.3. The summed E-state index contributed by atoms with van der Waals surface area (Å²) in [4.78, 5) is 11.9. The van der Waals surface area contributed by atoms with Gasteiger partial charge in [0.2, 0.25) is 11.0 Å². The van der Waals surface area contributed by atoms with Crippen LogP contribution in [-0.4, -0.2) is 42.1 Å². The monoisotopic (exact) mass is 420 g/mol. The fraction of sp³-hybridized carbons (Fsp3) is 0.308. The zero-order valence-electron chi connectivity index (χ0n) is 12.1. The number of halogens is 2. The van der Waals surface area contributed by atoms with Crippen LogP contribution < -0.4 is 10.6 Å².